The van der Waals surface area contributed by atoms with E-state index in [0.29, 0.717) is 18.8 Å². The summed E-state index contributed by atoms with van der Waals surface area (Å²) in [6.07, 6.45) is 0.401. The first-order valence-electron chi connectivity index (χ1n) is 5.75. The summed E-state index contributed by atoms with van der Waals surface area (Å²) >= 11 is 5.82. The fraction of sp³-hybridized carbons (Fsp3) is 0.538. The fourth-order valence-electron chi connectivity index (χ4n) is 1.79. The maximum Gasteiger partial charge on any atom is 0.0833 e. The van der Waals surface area contributed by atoms with Crippen LogP contribution in [-0.2, 0) is 11.3 Å². The molecule has 1 aromatic carbocycles. The molecule has 0 spiro atoms. The Kier molecular flexibility index (Phi) is 3.85. The maximum atomic E-state index is 5.82. The molecule has 0 N–H and O–H groups in total. The standard InChI is InChI=1S/C13H18ClNO/c1-10(2)15-7-13(8-15)16-9-11-3-5-12(14)6-4-11/h3-6,10,13H,7-9H2,1-2H3. The molecule has 0 amide bonds. The highest BCUT2D eigenvalue weighted by Gasteiger charge is 2.28. The van der Waals surface area contributed by atoms with E-state index in [1.165, 1.54) is 5.56 Å². The van der Waals surface area contributed by atoms with Gasteiger partial charge in [-0.05, 0) is 31.5 Å². The van der Waals surface area contributed by atoms with Gasteiger partial charge in [-0.3, -0.25) is 4.90 Å². The van der Waals surface area contributed by atoms with Crippen LogP contribution < -0.4 is 0 Å². The molecule has 1 fully saturated rings. The molecule has 1 aromatic rings. The van der Waals surface area contributed by atoms with Crippen LogP contribution in [0.5, 0.6) is 0 Å². The van der Waals surface area contributed by atoms with E-state index >= 15 is 0 Å². The van der Waals surface area contributed by atoms with E-state index < -0.39 is 0 Å². The second kappa shape index (κ2) is 5.17. The number of benzene rings is 1. The Morgan fingerprint density at radius 1 is 1.31 bits per heavy atom. The number of halogens is 1. The lowest BCUT2D eigenvalue weighted by atomic mass is 10.1. The summed E-state index contributed by atoms with van der Waals surface area (Å²) in [7, 11) is 0. The summed E-state index contributed by atoms with van der Waals surface area (Å²) in [5, 5.41) is 0.776. The zero-order valence-corrected chi connectivity index (χ0v) is 10.6. The van der Waals surface area contributed by atoms with Gasteiger partial charge in [-0.1, -0.05) is 23.7 Å². The van der Waals surface area contributed by atoms with Crippen molar-refractivity contribution in [1.29, 1.82) is 0 Å². The van der Waals surface area contributed by atoms with Crippen LogP contribution in [0.15, 0.2) is 24.3 Å². The number of hydrogen-bond acceptors (Lipinski definition) is 2. The second-order valence-corrected chi connectivity index (χ2v) is 5.04. The summed E-state index contributed by atoms with van der Waals surface area (Å²) in [4.78, 5) is 2.41. The van der Waals surface area contributed by atoms with E-state index in [1.807, 2.05) is 24.3 Å². The minimum absolute atomic E-state index is 0.401. The average Bonchev–Trinajstić information content (AvgIpc) is 2.18. The zero-order valence-electron chi connectivity index (χ0n) is 9.82. The Morgan fingerprint density at radius 3 is 2.50 bits per heavy atom. The van der Waals surface area contributed by atoms with Crippen LogP contribution in [0.4, 0.5) is 0 Å². The number of hydrogen-bond donors (Lipinski definition) is 0. The third-order valence-electron chi connectivity index (χ3n) is 3.01. The lowest BCUT2D eigenvalue weighted by Crippen LogP contribution is -2.54. The zero-order chi connectivity index (χ0) is 11.5. The minimum Gasteiger partial charge on any atom is -0.371 e. The van der Waals surface area contributed by atoms with E-state index in [2.05, 4.69) is 18.7 Å². The fourth-order valence-corrected chi connectivity index (χ4v) is 1.92. The van der Waals surface area contributed by atoms with Gasteiger partial charge in [-0.15, -0.1) is 0 Å². The van der Waals surface area contributed by atoms with Crippen molar-refractivity contribution in [2.75, 3.05) is 13.1 Å². The summed E-state index contributed by atoms with van der Waals surface area (Å²) in [5.41, 5.74) is 1.19. The van der Waals surface area contributed by atoms with Gasteiger partial charge in [-0.2, -0.15) is 0 Å². The molecule has 0 atom stereocenters. The van der Waals surface area contributed by atoms with Crippen molar-refractivity contribution in [3.05, 3.63) is 34.9 Å². The molecule has 0 radical (unpaired) electrons. The molecule has 3 heteroatoms. The summed E-state index contributed by atoms with van der Waals surface area (Å²) in [6.45, 7) is 7.25. The van der Waals surface area contributed by atoms with Gasteiger partial charge in [0, 0.05) is 24.2 Å². The quantitative estimate of drug-likeness (QED) is 0.801. The van der Waals surface area contributed by atoms with Crippen molar-refractivity contribution in [2.24, 2.45) is 0 Å². The molecule has 0 bridgehead atoms. The van der Waals surface area contributed by atoms with Crippen molar-refractivity contribution in [1.82, 2.24) is 4.90 Å². The van der Waals surface area contributed by atoms with Crippen LogP contribution >= 0.6 is 11.6 Å². The number of ether oxygens (including phenoxy) is 1. The summed E-state index contributed by atoms with van der Waals surface area (Å²) in [5.74, 6) is 0. The normalized spacial score (nSPS) is 17.8. The molecule has 2 nitrogen and oxygen atoms in total. The lowest BCUT2D eigenvalue weighted by molar-refractivity contribution is -0.0739. The van der Waals surface area contributed by atoms with Crippen molar-refractivity contribution < 1.29 is 4.74 Å². The highest BCUT2D eigenvalue weighted by molar-refractivity contribution is 6.30. The lowest BCUT2D eigenvalue weighted by Gasteiger charge is -2.41. The van der Waals surface area contributed by atoms with Gasteiger partial charge in [0.1, 0.15) is 0 Å². The highest BCUT2D eigenvalue weighted by Crippen LogP contribution is 2.17. The largest absolute Gasteiger partial charge is 0.371 e. The van der Waals surface area contributed by atoms with Crippen molar-refractivity contribution in [3.8, 4) is 0 Å². The molecule has 0 aliphatic carbocycles. The van der Waals surface area contributed by atoms with Gasteiger partial charge in [0.05, 0.1) is 12.7 Å². The van der Waals surface area contributed by atoms with Gasteiger partial charge in [0.15, 0.2) is 0 Å². The number of likely N-dealkylation sites (tertiary alicyclic amines) is 1. The van der Waals surface area contributed by atoms with Gasteiger partial charge >= 0.3 is 0 Å². The SMILES string of the molecule is CC(C)N1CC(OCc2ccc(Cl)cc2)C1. The van der Waals surface area contributed by atoms with Crippen LogP contribution in [-0.4, -0.2) is 30.1 Å². The highest BCUT2D eigenvalue weighted by atomic mass is 35.5. The Labute approximate surface area is 102 Å². The molecular formula is C13H18ClNO. The molecule has 0 unspecified atom stereocenters. The second-order valence-electron chi connectivity index (χ2n) is 4.61. The van der Waals surface area contributed by atoms with Crippen molar-refractivity contribution >= 4 is 11.6 Å². The average molecular weight is 240 g/mol. The molecule has 0 saturated carbocycles. The van der Waals surface area contributed by atoms with Crippen LogP contribution in [0, 0.1) is 0 Å². The number of rotatable bonds is 4. The first-order valence-corrected chi connectivity index (χ1v) is 6.13. The predicted molar refractivity (Wildman–Crippen MR) is 66.7 cm³/mol. The predicted octanol–water partition coefficient (Wildman–Crippen LogP) is 2.95. The number of nitrogens with zero attached hydrogens (tertiary/aromatic N) is 1. The van der Waals surface area contributed by atoms with E-state index in [0.717, 1.165) is 18.1 Å². The minimum atomic E-state index is 0.401. The first-order chi connectivity index (χ1) is 7.65. The Morgan fingerprint density at radius 2 is 1.94 bits per heavy atom. The Bertz CT molecular complexity index is 330. The summed E-state index contributed by atoms with van der Waals surface area (Å²) < 4.78 is 5.80. The molecule has 1 aliphatic heterocycles. The molecule has 2 rings (SSSR count). The van der Waals surface area contributed by atoms with Crippen LogP contribution in [0.1, 0.15) is 19.4 Å². The van der Waals surface area contributed by atoms with Gasteiger partial charge in [-0.25, -0.2) is 0 Å². The third-order valence-corrected chi connectivity index (χ3v) is 3.26. The van der Waals surface area contributed by atoms with Crippen LogP contribution in [0.2, 0.25) is 5.02 Å². The van der Waals surface area contributed by atoms with E-state index in [-0.39, 0.29) is 0 Å². The van der Waals surface area contributed by atoms with Crippen molar-refractivity contribution in [2.45, 2.75) is 32.6 Å². The first kappa shape index (κ1) is 11.9. The van der Waals surface area contributed by atoms with E-state index in [4.69, 9.17) is 16.3 Å². The smallest absolute Gasteiger partial charge is 0.0833 e. The summed E-state index contributed by atoms with van der Waals surface area (Å²) in [6, 6.07) is 8.47. The van der Waals surface area contributed by atoms with E-state index in [1.54, 1.807) is 0 Å². The van der Waals surface area contributed by atoms with Crippen molar-refractivity contribution in [3.63, 3.8) is 0 Å². The molecular weight excluding hydrogens is 222 g/mol. The van der Waals surface area contributed by atoms with Gasteiger partial charge < -0.3 is 4.74 Å². The molecule has 1 heterocycles. The monoisotopic (exact) mass is 239 g/mol. The molecule has 0 aromatic heterocycles. The van der Waals surface area contributed by atoms with Crippen LogP contribution in [0.25, 0.3) is 0 Å². The van der Waals surface area contributed by atoms with Gasteiger partial charge in [0.25, 0.3) is 0 Å². The third kappa shape index (κ3) is 2.97. The molecule has 88 valence electrons. The topological polar surface area (TPSA) is 12.5 Å². The Balaban J connectivity index is 1.71. The molecule has 16 heavy (non-hydrogen) atoms. The van der Waals surface area contributed by atoms with Crippen LogP contribution in [0.3, 0.4) is 0 Å². The van der Waals surface area contributed by atoms with Gasteiger partial charge in [0.2, 0.25) is 0 Å². The van der Waals surface area contributed by atoms with E-state index in [9.17, 15) is 0 Å². The molecule has 1 saturated heterocycles. The maximum absolute atomic E-state index is 5.82. The molecule has 1 aliphatic rings. The Hall–Kier alpha value is -0.570.